The molecule has 3 rings (SSSR count). The highest BCUT2D eigenvalue weighted by atomic mass is 19.4. The molecule has 1 aromatic heterocycles. The smallest absolute Gasteiger partial charge is 0.433 e. The first kappa shape index (κ1) is 16.3. The van der Waals surface area contributed by atoms with Gasteiger partial charge < -0.3 is 9.47 Å². The molecule has 1 aromatic carbocycles. The van der Waals surface area contributed by atoms with E-state index in [0.717, 1.165) is 17.4 Å². The molecule has 7 heteroatoms. The molecule has 0 saturated heterocycles. The summed E-state index contributed by atoms with van der Waals surface area (Å²) in [6.45, 7) is 4.23. The fourth-order valence-electron chi connectivity index (χ4n) is 2.41. The van der Waals surface area contributed by atoms with Gasteiger partial charge >= 0.3 is 6.18 Å². The molecular formula is C17H15F3N2O2. The Morgan fingerprint density at radius 1 is 1.12 bits per heavy atom. The van der Waals surface area contributed by atoms with Crippen molar-refractivity contribution in [1.29, 1.82) is 0 Å². The molecule has 126 valence electrons. The summed E-state index contributed by atoms with van der Waals surface area (Å²) < 4.78 is 49.7. The van der Waals surface area contributed by atoms with Crippen LogP contribution in [-0.4, -0.2) is 24.5 Å². The van der Waals surface area contributed by atoms with Crippen molar-refractivity contribution in [3.63, 3.8) is 0 Å². The Hall–Kier alpha value is -2.57. The van der Waals surface area contributed by atoms with Crippen LogP contribution >= 0.6 is 0 Å². The lowest BCUT2D eigenvalue weighted by molar-refractivity contribution is -0.140. The Labute approximate surface area is 136 Å². The number of aliphatic imine (C=N–C) groups is 1. The Kier molecular flexibility index (Phi) is 3.95. The minimum absolute atomic E-state index is 0.125. The van der Waals surface area contributed by atoms with Crippen LogP contribution in [0.25, 0.3) is 10.9 Å². The second-order valence-electron chi connectivity index (χ2n) is 5.47. The summed E-state index contributed by atoms with van der Waals surface area (Å²) >= 11 is 0. The Morgan fingerprint density at radius 3 is 2.50 bits per heavy atom. The van der Waals surface area contributed by atoms with Gasteiger partial charge in [-0.25, -0.2) is 9.98 Å². The third-order valence-electron chi connectivity index (χ3n) is 3.87. The lowest BCUT2D eigenvalue weighted by Gasteiger charge is -2.18. The number of hydrogen-bond acceptors (Lipinski definition) is 4. The average molecular weight is 336 g/mol. The standard InChI is InChI=1S/C17H15F3N2O2/c1-9-8-21-16(24-10(9)2)12-4-6-13(23-3)15-11(12)5-7-14(22-15)17(18,19)20/h4-7H,8H2,1-3H3. The number of rotatable bonds is 2. The molecule has 1 aliphatic heterocycles. The quantitative estimate of drug-likeness (QED) is 0.820. The highest BCUT2D eigenvalue weighted by Gasteiger charge is 2.33. The topological polar surface area (TPSA) is 43.7 Å². The maximum atomic E-state index is 12.9. The van der Waals surface area contributed by atoms with Gasteiger partial charge in [-0.15, -0.1) is 0 Å². The van der Waals surface area contributed by atoms with Gasteiger partial charge in [-0.2, -0.15) is 13.2 Å². The highest BCUT2D eigenvalue weighted by Crippen LogP contribution is 2.34. The Morgan fingerprint density at radius 2 is 1.88 bits per heavy atom. The molecule has 0 fully saturated rings. The summed E-state index contributed by atoms with van der Waals surface area (Å²) in [7, 11) is 1.39. The van der Waals surface area contributed by atoms with E-state index in [0.29, 0.717) is 23.4 Å². The maximum absolute atomic E-state index is 12.9. The zero-order chi connectivity index (χ0) is 17.5. The van der Waals surface area contributed by atoms with Crippen molar-refractivity contribution in [2.75, 3.05) is 13.7 Å². The lowest BCUT2D eigenvalue weighted by atomic mass is 10.1. The van der Waals surface area contributed by atoms with Crippen LogP contribution in [0.3, 0.4) is 0 Å². The van der Waals surface area contributed by atoms with E-state index in [9.17, 15) is 13.2 Å². The van der Waals surface area contributed by atoms with Gasteiger partial charge in [0.25, 0.3) is 0 Å². The first-order valence-electron chi connectivity index (χ1n) is 7.25. The molecule has 2 heterocycles. The summed E-state index contributed by atoms with van der Waals surface area (Å²) in [5.74, 6) is 1.37. The van der Waals surface area contributed by atoms with Crippen LogP contribution in [0.1, 0.15) is 25.1 Å². The van der Waals surface area contributed by atoms with Crippen LogP contribution in [0.2, 0.25) is 0 Å². The predicted molar refractivity (Wildman–Crippen MR) is 84.2 cm³/mol. The van der Waals surface area contributed by atoms with Crippen molar-refractivity contribution < 1.29 is 22.6 Å². The molecule has 0 bridgehead atoms. The number of halogens is 3. The highest BCUT2D eigenvalue weighted by molar-refractivity contribution is 6.08. The fraction of sp³-hybridized carbons (Fsp3) is 0.294. The third kappa shape index (κ3) is 2.81. The van der Waals surface area contributed by atoms with Crippen molar-refractivity contribution in [1.82, 2.24) is 4.98 Å². The van der Waals surface area contributed by atoms with E-state index in [2.05, 4.69) is 9.98 Å². The number of aromatic nitrogens is 1. The zero-order valence-corrected chi connectivity index (χ0v) is 13.4. The van der Waals surface area contributed by atoms with Crippen molar-refractivity contribution in [3.8, 4) is 5.75 Å². The second-order valence-corrected chi connectivity index (χ2v) is 5.47. The van der Waals surface area contributed by atoms with Crippen LogP contribution in [0, 0.1) is 0 Å². The van der Waals surface area contributed by atoms with Crippen LogP contribution in [0.5, 0.6) is 5.75 Å². The molecule has 1 aliphatic rings. The third-order valence-corrected chi connectivity index (χ3v) is 3.87. The molecule has 0 radical (unpaired) electrons. The van der Waals surface area contributed by atoms with Gasteiger partial charge in [0.15, 0.2) is 0 Å². The molecule has 0 aliphatic carbocycles. The molecule has 24 heavy (non-hydrogen) atoms. The maximum Gasteiger partial charge on any atom is 0.433 e. The number of benzene rings is 1. The largest absolute Gasteiger partial charge is 0.494 e. The van der Waals surface area contributed by atoms with Gasteiger partial charge in [0, 0.05) is 10.9 Å². The lowest BCUT2D eigenvalue weighted by Crippen LogP contribution is -2.14. The summed E-state index contributed by atoms with van der Waals surface area (Å²) in [6, 6.07) is 5.60. The Bertz CT molecular complexity index is 870. The van der Waals surface area contributed by atoms with E-state index < -0.39 is 11.9 Å². The van der Waals surface area contributed by atoms with E-state index in [-0.39, 0.29) is 11.3 Å². The van der Waals surface area contributed by atoms with E-state index in [4.69, 9.17) is 9.47 Å². The molecule has 0 spiro atoms. The number of ether oxygens (including phenoxy) is 2. The van der Waals surface area contributed by atoms with Gasteiger partial charge in [0.2, 0.25) is 5.90 Å². The molecule has 0 N–H and O–H groups in total. The van der Waals surface area contributed by atoms with Gasteiger partial charge in [-0.05, 0) is 43.7 Å². The van der Waals surface area contributed by atoms with E-state index >= 15 is 0 Å². The number of alkyl halides is 3. The van der Waals surface area contributed by atoms with E-state index in [1.807, 2.05) is 13.8 Å². The summed E-state index contributed by atoms with van der Waals surface area (Å²) in [5.41, 5.74) is 0.747. The Balaban J connectivity index is 2.18. The van der Waals surface area contributed by atoms with Gasteiger partial charge in [0.1, 0.15) is 22.7 Å². The van der Waals surface area contributed by atoms with Crippen LogP contribution in [0.15, 0.2) is 40.6 Å². The number of allylic oxidation sites excluding steroid dienone is 1. The number of methoxy groups -OCH3 is 1. The van der Waals surface area contributed by atoms with Crippen LogP contribution in [0.4, 0.5) is 13.2 Å². The minimum Gasteiger partial charge on any atom is -0.494 e. The van der Waals surface area contributed by atoms with Gasteiger partial charge in [-0.3, -0.25) is 0 Å². The molecule has 0 atom stereocenters. The first-order chi connectivity index (χ1) is 11.3. The average Bonchev–Trinajstić information content (AvgIpc) is 2.55. The SMILES string of the molecule is COc1ccc(C2=NCC(C)=C(C)O2)c2ccc(C(F)(F)F)nc12. The zero-order valence-electron chi connectivity index (χ0n) is 13.4. The molecule has 2 aromatic rings. The second kappa shape index (κ2) is 5.81. The van der Waals surface area contributed by atoms with E-state index in [1.165, 1.54) is 13.2 Å². The minimum atomic E-state index is -4.52. The van der Waals surface area contributed by atoms with Crippen molar-refractivity contribution in [2.24, 2.45) is 4.99 Å². The number of nitrogens with zero attached hydrogens (tertiary/aromatic N) is 2. The van der Waals surface area contributed by atoms with Gasteiger partial charge in [0.05, 0.1) is 13.7 Å². The number of pyridine rings is 1. The van der Waals surface area contributed by atoms with Crippen molar-refractivity contribution in [3.05, 3.63) is 46.9 Å². The number of fused-ring (bicyclic) bond motifs is 1. The molecular weight excluding hydrogens is 321 g/mol. The van der Waals surface area contributed by atoms with Gasteiger partial charge in [-0.1, -0.05) is 0 Å². The molecule has 0 unspecified atom stereocenters. The predicted octanol–water partition coefficient (Wildman–Crippen LogP) is 4.33. The molecule has 0 saturated carbocycles. The molecule has 0 amide bonds. The number of hydrogen-bond donors (Lipinski definition) is 0. The van der Waals surface area contributed by atoms with Crippen LogP contribution in [-0.2, 0) is 10.9 Å². The van der Waals surface area contributed by atoms with Crippen LogP contribution < -0.4 is 4.74 Å². The monoisotopic (exact) mass is 336 g/mol. The van der Waals surface area contributed by atoms with Crippen molar-refractivity contribution in [2.45, 2.75) is 20.0 Å². The van der Waals surface area contributed by atoms with Crippen molar-refractivity contribution >= 4 is 16.8 Å². The summed E-state index contributed by atoms with van der Waals surface area (Å²) in [5, 5.41) is 0.494. The summed E-state index contributed by atoms with van der Waals surface area (Å²) in [6.07, 6.45) is -4.52. The molecule has 4 nitrogen and oxygen atoms in total. The normalized spacial score (nSPS) is 15.3. The fourth-order valence-corrected chi connectivity index (χ4v) is 2.41. The summed E-state index contributed by atoms with van der Waals surface area (Å²) in [4.78, 5) is 8.09. The van der Waals surface area contributed by atoms with E-state index in [1.54, 1.807) is 12.1 Å². The first-order valence-corrected chi connectivity index (χ1v) is 7.25.